The third-order valence-electron chi connectivity index (χ3n) is 1.96. The molecule has 0 fully saturated rings. The molecule has 1 unspecified atom stereocenters. The van der Waals surface area contributed by atoms with Gasteiger partial charge in [-0.2, -0.15) is 0 Å². The molecule has 5 N–H and O–H groups in total. The Bertz CT molecular complexity index is 352. The molecule has 1 aromatic carbocycles. The minimum absolute atomic E-state index is 0. The van der Waals surface area contributed by atoms with E-state index in [-0.39, 0.29) is 12.1 Å². The number of carboxylic acid groups (broad SMARTS) is 1. The predicted molar refractivity (Wildman–Crippen MR) is 60.4 cm³/mol. The van der Waals surface area contributed by atoms with Crippen LogP contribution in [0.15, 0.2) is 30.3 Å². The van der Waals surface area contributed by atoms with E-state index in [0.717, 1.165) is 5.56 Å². The van der Waals surface area contributed by atoms with Gasteiger partial charge in [-0.1, -0.05) is 30.3 Å². The summed E-state index contributed by atoms with van der Waals surface area (Å²) in [6.45, 7) is 1.31. The second kappa shape index (κ2) is 6.58. The maximum atomic E-state index is 10.8. The maximum absolute atomic E-state index is 10.8. The molecule has 1 atom stereocenters. The summed E-state index contributed by atoms with van der Waals surface area (Å²) in [6.07, 6.45) is 0.301. The Hall–Kier alpha value is -1.88. The van der Waals surface area contributed by atoms with Gasteiger partial charge in [-0.25, -0.2) is 4.79 Å². The lowest BCUT2D eigenvalue weighted by molar-refractivity contribution is -0.141. The van der Waals surface area contributed by atoms with E-state index in [1.54, 1.807) is 0 Å². The fourth-order valence-electron chi connectivity index (χ4n) is 1.30. The van der Waals surface area contributed by atoms with Gasteiger partial charge in [-0.3, -0.25) is 4.79 Å². The van der Waals surface area contributed by atoms with Crippen molar-refractivity contribution in [3.05, 3.63) is 35.9 Å². The van der Waals surface area contributed by atoms with Gasteiger partial charge in [0.25, 0.3) is 0 Å². The molecule has 1 aromatic rings. The summed E-state index contributed by atoms with van der Waals surface area (Å²) < 4.78 is 0. The van der Waals surface area contributed by atoms with Crippen LogP contribution < -0.4 is 11.5 Å². The Morgan fingerprint density at radius 2 is 1.88 bits per heavy atom. The highest BCUT2D eigenvalue weighted by Gasteiger charge is 2.18. The molecule has 0 spiro atoms. The quantitative estimate of drug-likeness (QED) is 0.709. The van der Waals surface area contributed by atoms with Crippen molar-refractivity contribution in [2.75, 3.05) is 0 Å². The van der Waals surface area contributed by atoms with Crippen molar-refractivity contribution in [1.82, 2.24) is 11.5 Å². The first-order valence-electron chi connectivity index (χ1n) is 4.63. The molecule has 1 amide bonds. The van der Waals surface area contributed by atoms with Crippen molar-refractivity contribution in [1.29, 1.82) is 0 Å². The topological polar surface area (TPSA) is 101 Å². The number of hydrogen-bond acceptors (Lipinski definition) is 3. The van der Waals surface area contributed by atoms with E-state index in [4.69, 9.17) is 5.11 Å². The van der Waals surface area contributed by atoms with E-state index in [1.807, 2.05) is 30.3 Å². The monoisotopic (exact) mass is 224 g/mol. The summed E-state index contributed by atoms with van der Waals surface area (Å²) in [5.74, 6) is -1.35. The number of amides is 1. The number of carbonyl (C=O) groups excluding carboxylic acids is 1. The van der Waals surface area contributed by atoms with Crippen molar-refractivity contribution in [3.63, 3.8) is 0 Å². The lowest BCUT2D eigenvalue weighted by Gasteiger charge is -2.12. The second-order valence-corrected chi connectivity index (χ2v) is 3.28. The van der Waals surface area contributed by atoms with Crippen LogP contribution >= 0.6 is 0 Å². The molecule has 0 saturated heterocycles. The van der Waals surface area contributed by atoms with Crippen LogP contribution in [0, 0.1) is 0 Å². The average molecular weight is 224 g/mol. The highest BCUT2D eigenvalue weighted by Crippen LogP contribution is 2.03. The van der Waals surface area contributed by atoms with Gasteiger partial charge >= 0.3 is 5.97 Å². The number of carbonyl (C=O) groups is 2. The molecule has 0 aliphatic heterocycles. The number of nitrogens with one attached hydrogen (secondary N) is 1. The molecule has 0 aliphatic carbocycles. The fraction of sp³-hybridized carbons (Fsp3) is 0.273. The van der Waals surface area contributed by atoms with E-state index >= 15 is 0 Å². The molecular formula is C11H16N2O3. The van der Waals surface area contributed by atoms with Crippen LogP contribution in [-0.4, -0.2) is 23.0 Å². The predicted octanol–water partition coefficient (Wildman–Crippen LogP) is 0.980. The number of rotatable bonds is 4. The number of carboxylic acids is 1. The van der Waals surface area contributed by atoms with Crippen LogP contribution in [-0.2, 0) is 16.0 Å². The van der Waals surface area contributed by atoms with Crippen molar-refractivity contribution in [2.24, 2.45) is 0 Å². The summed E-state index contributed by atoms with van der Waals surface area (Å²) in [7, 11) is 0. The number of hydrogen-bond donors (Lipinski definition) is 3. The second-order valence-electron chi connectivity index (χ2n) is 3.28. The maximum Gasteiger partial charge on any atom is 0.326 e. The van der Waals surface area contributed by atoms with E-state index < -0.39 is 12.0 Å². The molecule has 0 bridgehead atoms. The van der Waals surface area contributed by atoms with Gasteiger partial charge in [0.15, 0.2) is 0 Å². The fourth-order valence-corrected chi connectivity index (χ4v) is 1.30. The Morgan fingerprint density at radius 1 is 1.31 bits per heavy atom. The molecule has 0 aliphatic rings. The molecule has 1 rings (SSSR count). The summed E-state index contributed by atoms with van der Waals surface area (Å²) >= 11 is 0. The van der Waals surface area contributed by atoms with Crippen LogP contribution in [0.4, 0.5) is 0 Å². The Balaban J connectivity index is 0.00000225. The van der Waals surface area contributed by atoms with Crippen molar-refractivity contribution in [2.45, 2.75) is 19.4 Å². The zero-order valence-corrected chi connectivity index (χ0v) is 9.14. The van der Waals surface area contributed by atoms with E-state index in [1.165, 1.54) is 6.92 Å². The highest BCUT2D eigenvalue weighted by molar-refractivity contribution is 5.82. The van der Waals surface area contributed by atoms with Crippen LogP contribution in [0.1, 0.15) is 12.5 Å². The van der Waals surface area contributed by atoms with E-state index in [0.29, 0.717) is 6.42 Å². The molecule has 5 heteroatoms. The lowest BCUT2D eigenvalue weighted by Crippen LogP contribution is -2.41. The van der Waals surface area contributed by atoms with Gasteiger partial charge in [-0.05, 0) is 5.56 Å². The van der Waals surface area contributed by atoms with Crippen molar-refractivity contribution >= 4 is 11.9 Å². The summed E-state index contributed by atoms with van der Waals surface area (Å²) in [6, 6.07) is 8.34. The molecule has 0 aromatic heterocycles. The summed E-state index contributed by atoms with van der Waals surface area (Å²) in [5.41, 5.74) is 0.888. The molecule has 16 heavy (non-hydrogen) atoms. The normalized spacial score (nSPS) is 11.1. The molecule has 0 heterocycles. The zero-order chi connectivity index (χ0) is 11.3. The van der Waals surface area contributed by atoms with Crippen molar-refractivity contribution in [3.8, 4) is 0 Å². The minimum Gasteiger partial charge on any atom is -0.480 e. The first-order chi connectivity index (χ1) is 7.09. The Labute approximate surface area is 94.1 Å². The average Bonchev–Trinajstić information content (AvgIpc) is 2.17. The van der Waals surface area contributed by atoms with Gasteiger partial charge in [0.2, 0.25) is 5.91 Å². The first kappa shape index (κ1) is 14.1. The highest BCUT2D eigenvalue weighted by atomic mass is 16.4. The third-order valence-corrected chi connectivity index (χ3v) is 1.96. The van der Waals surface area contributed by atoms with Gasteiger partial charge in [0.05, 0.1) is 0 Å². The molecule has 0 radical (unpaired) electrons. The number of benzene rings is 1. The standard InChI is InChI=1S/C11H13NO3.H3N/c1-8(13)12-10(11(14)15)7-9-5-3-2-4-6-9;/h2-6,10H,7H2,1H3,(H,12,13)(H,14,15);1H3. The van der Waals surface area contributed by atoms with Crippen LogP contribution in [0.25, 0.3) is 0 Å². The zero-order valence-electron chi connectivity index (χ0n) is 9.14. The largest absolute Gasteiger partial charge is 0.480 e. The lowest BCUT2D eigenvalue weighted by atomic mass is 10.1. The van der Waals surface area contributed by atoms with Crippen LogP contribution in [0.5, 0.6) is 0 Å². The van der Waals surface area contributed by atoms with Gasteiger partial charge in [0.1, 0.15) is 6.04 Å². The van der Waals surface area contributed by atoms with Crippen LogP contribution in [0.2, 0.25) is 0 Å². The third kappa shape index (κ3) is 4.56. The summed E-state index contributed by atoms with van der Waals surface area (Å²) in [5, 5.41) is 11.3. The Morgan fingerprint density at radius 3 is 2.31 bits per heavy atom. The van der Waals surface area contributed by atoms with Crippen LogP contribution in [0.3, 0.4) is 0 Å². The van der Waals surface area contributed by atoms with Gasteiger partial charge < -0.3 is 16.6 Å². The minimum atomic E-state index is -1.02. The van der Waals surface area contributed by atoms with Gasteiger partial charge in [0, 0.05) is 13.3 Å². The smallest absolute Gasteiger partial charge is 0.326 e. The Kier molecular flexibility index (Phi) is 5.80. The van der Waals surface area contributed by atoms with E-state index in [9.17, 15) is 9.59 Å². The SMILES string of the molecule is CC(=O)NC(Cc1ccccc1)C(=O)O.N. The molecule has 88 valence electrons. The molecular weight excluding hydrogens is 208 g/mol. The van der Waals surface area contributed by atoms with Crippen molar-refractivity contribution < 1.29 is 14.7 Å². The first-order valence-corrected chi connectivity index (χ1v) is 4.63. The summed E-state index contributed by atoms with van der Waals surface area (Å²) in [4.78, 5) is 21.6. The van der Waals surface area contributed by atoms with E-state index in [2.05, 4.69) is 5.32 Å². The number of aliphatic carboxylic acids is 1. The molecule has 5 nitrogen and oxygen atoms in total. The van der Waals surface area contributed by atoms with Gasteiger partial charge in [-0.15, -0.1) is 0 Å². The molecule has 0 saturated carbocycles.